The van der Waals surface area contributed by atoms with E-state index in [9.17, 15) is 9.90 Å². The molecule has 5 rings (SSSR count). The van der Waals surface area contributed by atoms with Crippen LogP contribution < -0.4 is 0 Å². The summed E-state index contributed by atoms with van der Waals surface area (Å²) in [7, 11) is 0. The second-order valence-corrected chi connectivity index (χ2v) is 13.3. The van der Waals surface area contributed by atoms with Crippen LogP contribution in [0.15, 0.2) is 0 Å². The Bertz CT molecular complexity index is 684. The van der Waals surface area contributed by atoms with Gasteiger partial charge in [-0.1, -0.05) is 34.6 Å². The van der Waals surface area contributed by atoms with Crippen LogP contribution in [-0.2, 0) is 4.79 Å². The summed E-state index contributed by atoms with van der Waals surface area (Å²) in [5, 5.41) is 10.8. The van der Waals surface area contributed by atoms with E-state index in [-0.39, 0.29) is 16.9 Å². The summed E-state index contributed by atoms with van der Waals surface area (Å²) in [6.45, 7) is 12.4. The summed E-state index contributed by atoms with van der Waals surface area (Å²) in [5.41, 5.74) is 0.872. The molecule has 0 heterocycles. The van der Waals surface area contributed by atoms with Crippen molar-refractivity contribution in [2.45, 2.75) is 105 Å². The van der Waals surface area contributed by atoms with Crippen LogP contribution in [0.1, 0.15) is 98.8 Å². The van der Waals surface area contributed by atoms with Gasteiger partial charge in [-0.15, -0.1) is 0 Å². The van der Waals surface area contributed by atoms with E-state index in [0.717, 1.165) is 42.9 Å². The maximum atomic E-state index is 12.3. The molecule has 29 heavy (non-hydrogen) atoms. The molecule has 0 saturated heterocycles. The van der Waals surface area contributed by atoms with Crippen molar-refractivity contribution < 1.29 is 9.90 Å². The fourth-order valence-corrected chi connectivity index (χ4v) is 10.9. The molecule has 10 unspecified atom stereocenters. The summed E-state index contributed by atoms with van der Waals surface area (Å²) in [4.78, 5) is 12.3. The zero-order valence-electron chi connectivity index (χ0n) is 19.5. The molecule has 0 aromatic heterocycles. The third-order valence-corrected chi connectivity index (χ3v) is 12.2. The molecular weight excluding hydrogens is 356 g/mol. The van der Waals surface area contributed by atoms with Crippen LogP contribution in [0.4, 0.5) is 0 Å². The highest BCUT2D eigenvalue weighted by Crippen LogP contribution is 2.73. The Morgan fingerprint density at radius 2 is 1.48 bits per heavy atom. The van der Waals surface area contributed by atoms with Gasteiger partial charge < -0.3 is 9.90 Å². The largest absolute Gasteiger partial charge is 0.393 e. The molecule has 0 spiro atoms. The van der Waals surface area contributed by atoms with E-state index in [1.807, 2.05) is 0 Å². The molecule has 2 heteroatoms. The second-order valence-electron chi connectivity index (χ2n) is 13.3. The standard InChI is InChI=1S/C27H44O2/c1-17-8-14-27(16-28)15-9-19-18(23(17)27)6-7-21-25(19,4)12-10-20-24(2,3)22(29)11-13-26(20,21)5/h16-23,29H,6-15H2,1-5H3. The number of aliphatic hydroxyl groups excluding tert-OH is 1. The van der Waals surface area contributed by atoms with E-state index in [1.165, 1.54) is 51.2 Å². The first-order valence-electron chi connectivity index (χ1n) is 12.7. The Morgan fingerprint density at radius 3 is 2.21 bits per heavy atom. The molecule has 0 aromatic carbocycles. The normalized spacial score (nSPS) is 58.5. The van der Waals surface area contributed by atoms with Crippen molar-refractivity contribution in [1.82, 2.24) is 0 Å². The third-order valence-electron chi connectivity index (χ3n) is 12.2. The summed E-state index contributed by atoms with van der Waals surface area (Å²) >= 11 is 0. The SMILES string of the molecule is CC1CCC2(C=O)CCC3C(CCC4C3(C)CCC3C(C)(C)C(O)CCC34C)C12. The molecule has 10 atom stereocenters. The minimum Gasteiger partial charge on any atom is -0.393 e. The average Bonchev–Trinajstić information content (AvgIpc) is 3.02. The lowest BCUT2D eigenvalue weighted by atomic mass is 9.36. The van der Waals surface area contributed by atoms with Gasteiger partial charge in [0.15, 0.2) is 0 Å². The lowest BCUT2D eigenvalue weighted by Crippen LogP contribution is -2.63. The van der Waals surface area contributed by atoms with E-state index in [4.69, 9.17) is 0 Å². The Kier molecular flexibility index (Phi) is 4.48. The van der Waals surface area contributed by atoms with Gasteiger partial charge in [0.1, 0.15) is 6.29 Å². The molecule has 2 nitrogen and oxygen atoms in total. The van der Waals surface area contributed by atoms with Crippen molar-refractivity contribution >= 4 is 6.29 Å². The van der Waals surface area contributed by atoms with Crippen molar-refractivity contribution in [3.63, 3.8) is 0 Å². The van der Waals surface area contributed by atoms with Gasteiger partial charge >= 0.3 is 0 Å². The molecular formula is C27H44O2. The molecule has 1 N–H and O–H groups in total. The Balaban J connectivity index is 1.50. The van der Waals surface area contributed by atoms with E-state index < -0.39 is 0 Å². The molecule has 0 aromatic rings. The van der Waals surface area contributed by atoms with E-state index in [2.05, 4.69) is 34.6 Å². The van der Waals surface area contributed by atoms with Crippen LogP contribution >= 0.6 is 0 Å². The predicted octanol–water partition coefficient (Wildman–Crippen LogP) is 6.26. The van der Waals surface area contributed by atoms with Crippen molar-refractivity contribution in [3.8, 4) is 0 Å². The number of carbonyl (C=O) groups is 1. The Morgan fingerprint density at radius 1 is 0.793 bits per heavy atom. The first kappa shape index (κ1) is 20.5. The van der Waals surface area contributed by atoms with Gasteiger partial charge in [-0.3, -0.25) is 0 Å². The van der Waals surface area contributed by atoms with Gasteiger partial charge in [0.2, 0.25) is 0 Å². The highest BCUT2D eigenvalue weighted by molar-refractivity contribution is 5.61. The molecule has 5 fully saturated rings. The van der Waals surface area contributed by atoms with Crippen LogP contribution in [0, 0.1) is 57.2 Å². The van der Waals surface area contributed by atoms with Gasteiger partial charge in [-0.05, 0) is 116 Å². The number of hydrogen-bond donors (Lipinski definition) is 1. The fourth-order valence-electron chi connectivity index (χ4n) is 10.9. The van der Waals surface area contributed by atoms with Gasteiger partial charge in [0.05, 0.1) is 6.10 Å². The van der Waals surface area contributed by atoms with Crippen molar-refractivity contribution in [3.05, 3.63) is 0 Å². The smallest absolute Gasteiger partial charge is 0.126 e. The average molecular weight is 401 g/mol. The zero-order chi connectivity index (χ0) is 20.8. The number of aldehydes is 1. The lowest BCUT2D eigenvalue weighted by molar-refractivity contribution is -0.215. The lowest BCUT2D eigenvalue weighted by Gasteiger charge is -2.69. The van der Waals surface area contributed by atoms with Crippen LogP contribution in [-0.4, -0.2) is 17.5 Å². The quantitative estimate of drug-likeness (QED) is 0.528. The minimum absolute atomic E-state index is 0.0157. The van der Waals surface area contributed by atoms with E-state index in [0.29, 0.717) is 22.7 Å². The monoisotopic (exact) mass is 400 g/mol. The predicted molar refractivity (Wildman–Crippen MR) is 117 cm³/mol. The van der Waals surface area contributed by atoms with Gasteiger partial charge in [0, 0.05) is 5.41 Å². The number of rotatable bonds is 1. The summed E-state index contributed by atoms with van der Waals surface area (Å²) < 4.78 is 0. The van der Waals surface area contributed by atoms with Crippen molar-refractivity contribution in [2.75, 3.05) is 0 Å². The molecule has 5 saturated carbocycles. The Hall–Kier alpha value is -0.370. The Labute approximate surface area is 178 Å². The summed E-state index contributed by atoms with van der Waals surface area (Å²) in [5.74, 6) is 4.40. The first-order valence-corrected chi connectivity index (χ1v) is 12.7. The molecule has 164 valence electrons. The maximum Gasteiger partial charge on any atom is 0.126 e. The van der Waals surface area contributed by atoms with Crippen LogP contribution in [0.2, 0.25) is 0 Å². The molecule has 0 radical (unpaired) electrons. The number of aliphatic hydroxyl groups is 1. The topological polar surface area (TPSA) is 37.3 Å². The molecule has 5 aliphatic carbocycles. The van der Waals surface area contributed by atoms with Crippen LogP contribution in [0.25, 0.3) is 0 Å². The number of fused-ring (bicyclic) bond motifs is 7. The van der Waals surface area contributed by atoms with Crippen LogP contribution in [0.3, 0.4) is 0 Å². The van der Waals surface area contributed by atoms with E-state index in [1.54, 1.807) is 0 Å². The fraction of sp³-hybridized carbons (Fsp3) is 0.963. The molecule has 5 aliphatic rings. The van der Waals surface area contributed by atoms with Crippen molar-refractivity contribution in [1.29, 1.82) is 0 Å². The van der Waals surface area contributed by atoms with Crippen molar-refractivity contribution in [2.24, 2.45) is 57.2 Å². The molecule has 0 amide bonds. The zero-order valence-corrected chi connectivity index (χ0v) is 19.5. The van der Waals surface area contributed by atoms with Gasteiger partial charge in [-0.2, -0.15) is 0 Å². The molecule has 0 aliphatic heterocycles. The number of carbonyl (C=O) groups excluding carboxylic acids is 1. The van der Waals surface area contributed by atoms with Crippen LogP contribution in [0.5, 0.6) is 0 Å². The molecule has 0 bridgehead atoms. The highest BCUT2D eigenvalue weighted by Gasteiger charge is 2.66. The first-order chi connectivity index (χ1) is 13.6. The number of hydrogen-bond acceptors (Lipinski definition) is 2. The summed E-state index contributed by atoms with van der Waals surface area (Å²) in [6, 6.07) is 0. The van der Waals surface area contributed by atoms with Gasteiger partial charge in [-0.25, -0.2) is 0 Å². The minimum atomic E-state index is -0.136. The maximum absolute atomic E-state index is 12.3. The van der Waals surface area contributed by atoms with E-state index >= 15 is 0 Å². The summed E-state index contributed by atoms with van der Waals surface area (Å²) in [6.07, 6.45) is 13.6. The van der Waals surface area contributed by atoms with Gasteiger partial charge in [0.25, 0.3) is 0 Å². The highest BCUT2D eigenvalue weighted by atomic mass is 16.3. The second kappa shape index (κ2) is 6.33. The third kappa shape index (κ3) is 2.48.